The first-order valence-corrected chi connectivity index (χ1v) is 13.6. The van der Waals surface area contributed by atoms with Gasteiger partial charge in [0.15, 0.2) is 0 Å². The summed E-state index contributed by atoms with van der Waals surface area (Å²) < 4.78 is 11.6. The van der Waals surface area contributed by atoms with Crippen molar-refractivity contribution in [3.05, 3.63) is 0 Å². The lowest BCUT2D eigenvalue weighted by molar-refractivity contribution is -0.159. The Morgan fingerprint density at radius 1 is 0.643 bits per heavy atom. The van der Waals surface area contributed by atoms with Gasteiger partial charge in [0.1, 0.15) is 11.2 Å². The molecule has 0 saturated carbocycles. The SMILES string of the molecule is CCC(CC)(CCCCCCC(CC)(CC)OC(=O)CSC)OC(=O)CSC. The number of hydrogen-bond donors (Lipinski definition) is 0. The summed E-state index contributed by atoms with van der Waals surface area (Å²) in [5.41, 5.74) is -0.618. The van der Waals surface area contributed by atoms with E-state index in [9.17, 15) is 9.59 Å². The fourth-order valence-corrected chi connectivity index (χ4v) is 4.21. The number of hydrogen-bond acceptors (Lipinski definition) is 6. The van der Waals surface area contributed by atoms with Gasteiger partial charge in [-0.3, -0.25) is 9.59 Å². The molecule has 0 unspecified atom stereocenters. The van der Waals surface area contributed by atoms with E-state index in [0.717, 1.165) is 64.2 Å². The fourth-order valence-electron chi connectivity index (χ4n) is 3.62. The molecule has 0 atom stereocenters. The number of esters is 2. The van der Waals surface area contributed by atoms with E-state index in [1.165, 1.54) is 23.5 Å². The molecule has 0 fully saturated rings. The fraction of sp³-hybridized carbons (Fsp3) is 0.909. The van der Waals surface area contributed by atoms with Crippen LogP contribution in [0.2, 0.25) is 0 Å². The lowest BCUT2D eigenvalue weighted by Crippen LogP contribution is -2.35. The molecule has 0 aromatic heterocycles. The Labute approximate surface area is 181 Å². The molecule has 0 spiro atoms. The molecule has 4 nitrogen and oxygen atoms in total. The average molecular weight is 435 g/mol. The van der Waals surface area contributed by atoms with Gasteiger partial charge in [-0.05, 0) is 63.9 Å². The summed E-state index contributed by atoms with van der Waals surface area (Å²) in [5.74, 6) is 0.651. The Morgan fingerprint density at radius 3 is 1.21 bits per heavy atom. The molecule has 0 aliphatic carbocycles. The molecule has 0 aliphatic heterocycles. The lowest BCUT2D eigenvalue weighted by Gasteiger charge is -2.32. The van der Waals surface area contributed by atoms with E-state index < -0.39 is 0 Å². The maximum atomic E-state index is 11.9. The summed E-state index contributed by atoms with van der Waals surface area (Å²) in [7, 11) is 0. The van der Waals surface area contributed by atoms with Crippen molar-refractivity contribution in [2.24, 2.45) is 0 Å². The number of unbranched alkanes of at least 4 members (excludes halogenated alkanes) is 3. The van der Waals surface area contributed by atoms with Crippen LogP contribution in [-0.4, -0.2) is 47.2 Å². The molecule has 0 saturated heterocycles. The Kier molecular flexibility index (Phi) is 15.3. The Balaban J connectivity index is 4.39. The summed E-state index contributed by atoms with van der Waals surface area (Å²) in [5, 5.41) is 0. The number of ether oxygens (including phenoxy) is 2. The third-order valence-corrected chi connectivity index (χ3v) is 6.83. The smallest absolute Gasteiger partial charge is 0.316 e. The van der Waals surface area contributed by atoms with Crippen LogP contribution in [0, 0.1) is 0 Å². The standard InChI is InChI=1S/C22H42O4S2/c1-7-21(8-2,25-19(23)17-27-5)15-13-11-12-14-16-22(9-3,10-4)26-20(24)18-28-6/h7-18H2,1-6H3. The summed E-state index contributed by atoms with van der Waals surface area (Å²) >= 11 is 3.02. The first kappa shape index (κ1) is 27.6. The van der Waals surface area contributed by atoms with Gasteiger partial charge in [-0.1, -0.05) is 40.5 Å². The largest absolute Gasteiger partial charge is 0.458 e. The van der Waals surface area contributed by atoms with Crippen LogP contribution in [0.1, 0.15) is 91.9 Å². The Hall–Kier alpha value is -0.360. The third kappa shape index (κ3) is 10.4. The molecule has 166 valence electrons. The monoisotopic (exact) mass is 434 g/mol. The number of rotatable bonds is 17. The van der Waals surface area contributed by atoms with Crippen LogP contribution < -0.4 is 0 Å². The zero-order valence-corrected chi connectivity index (χ0v) is 20.6. The van der Waals surface area contributed by atoms with Gasteiger partial charge in [-0.25, -0.2) is 0 Å². The highest BCUT2D eigenvalue weighted by atomic mass is 32.2. The third-order valence-electron chi connectivity index (χ3n) is 5.78. The Morgan fingerprint density at radius 2 is 0.964 bits per heavy atom. The first-order chi connectivity index (χ1) is 13.4. The van der Waals surface area contributed by atoms with Crippen molar-refractivity contribution in [3.63, 3.8) is 0 Å². The van der Waals surface area contributed by atoms with Crippen molar-refractivity contribution in [2.45, 2.75) is 103 Å². The molecule has 0 radical (unpaired) electrons. The molecular formula is C22H42O4S2. The quantitative estimate of drug-likeness (QED) is 0.199. The first-order valence-electron chi connectivity index (χ1n) is 10.8. The number of carbonyl (C=O) groups excluding carboxylic acids is 2. The van der Waals surface area contributed by atoms with Gasteiger partial charge in [0.05, 0.1) is 11.5 Å². The second kappa shape index (κ2) is 15.5. The summed E-state index contributed by atoms with van der Waals surface area (Å²) in [6.07, 6.45) is 13.5. The van der Waals surface area contributed by atoms with Gasteiger partial charge in [-0.15, -0.1) is 0 Å². The molecule has 0 aromatic carbocycles. The molecule has 28 heavy (non-hydrogen) atoms. The van der Waals surface area contributed by atoms with Crippen molar-refractivity contribution in [2.75, 3.05) is 24.0 Å². The predicted octanol–water partition coefficient (Wildman–Crippen LogP) is 6.26. The summed E-state index contributed by atoms with van der Waals surface area (Å²) in [4.78, 5) is 23.9. The molecule has 0 rings (SSSR count). The van der Waals surface area contributed by atoms with Crippen molar-refractivity contribution in [1.29, 1.82) is 0 Å². The van der Waals surface area contributed by atoms with E-state index in [0.29, 0.717) is 11.5 Å². The summed E-state index contributed by atoms with van der Waals surface area (Å²) in [6, 6.07) is 0. The maximum Gasteiger partial charge on any atom is 0.316 e. The van der Waals surface area contributed by atoms with Crippen molar-refractivity contribution >= 4 is 35.5 Å². The van der Waals surface area contributed by atoms with Crippen LogP contribution in [0.25, 0.3) is 0 Å². The zero-order chi connectivity index (χ0) is 21.5. The minimum Gasteiger partial charge on any atom is -0.458 e. The van der Waals surface area contributed by atoms with Crippen LogP contribution in [0.3, 0.4) is 0 Å². The number of thioether (sulfide) groups is 2. The van der Waals surface area contributed by atoms with Crippen molar-refractivity contribution in [1.82, 2.24) is 0 Å². The van der Waals surface area contributed by atoms with Gasteiger partial charge >= 0.3 is 11.9 Å². The second-order valence-corrected chi connectivity index (χ2v) is 9.24. The maximum absolute atomic E-state index is 11.9. The molecule has 0 aliphatic rings. The van der Waals surface area contributed by atoms with Crippen LogP contribution in [-0.2, 0) is 19.1 Å². The highest BCUT2D eigenvalue weighted by molar-refractivity contribution is 7.99. The lowest BCUT2D eigenvalue weighted by atomic mass is 9.88. The molecule has 0 N–H and O–H groups in total. The van der Waals surface area contributed by atoms with Crippen molar-refractivity contribution < 1.29 is 19.1 Å². The number of carbonyl (C=O) groups is 2. The molecule has 0 bridgehead atoms. The predicted molar refractivity (Wildman–Crippen MR) is 123 cm³/mol. The van der Waals surface area contributed by atoms with Gasteiger partial charge in [-0.2, -0.15) is 23.5 Å². The highest BCUT2D eigenvalue weighted by Crippen LogP contribution is 2.30. The van der Waals surface area contributed by atoms with Crippen LogP contribution >= 0.6 is 23.5 Å². The minimum absolute atomic E-state index is 0.0982. The van der Waals surface area contributed by atoms with E-state index >= 15 is 0 Å². The van der Waals surface area contributed by atoms with E-state index in [2.05, 4.69) is 27.7 Å². The summed E-state index contributed by atoms with van der Waals surface area (Å²) in [6.45, 7) is 8.43. The second-order valence-electron chi connectivity index (χ2n) is 7.51. The van der Waals surface area contributed by atoms with Gasteiger partial charge in [0, 0.05) is 0 Å². The molecular weight excluding hydrogens is 392 g/mol. The molecule has 6 heteroatoms. The van der Waals surface area contributed by atoms with Gasteiger partial charge in [0.2, 0.25) is 0 Å². The highest BCUT2D eigenvalue weighted by Gasteiger charge is 2.31. The van der Waals surface area contributed by atoms with Gasteiger partial charge < -0.3 is 9.47 Å². The van der Waals surface area contributed by atoms with E-state index in [1.807, 2.05) is 12.5 Å². The minimum atomic E-state index is -0.309. The van der Waals surface area contributed by atoms with E-state index in [-0.39, 0.29) is 23.1 Å². The van der Waals surface area contributed by atoms with Crippen molar-refractivity contribution in [3.8, 4) is 0 Å². The molecule has 0 amide bonds. The average Bonchev–Trinajstić information content (AvgIpc) is 2.69. The molecule has 0 heterocycles. The van der Waals surface area contributed by atoms with Gasteiger partial charge in [0.25, 0.3) is 0 Å². The zero-order valence-electron chi connectivity index (χ0n) is 18.9. The van der Waals surface area contributed by atoms with Crippen LogP contribution in [0.4, 0.5) is 0 Å². The Bertz CT molecular complexity index is 392. The normalized spacial score (nSPS) is 12.1. The van der Waals surface area contributed by atoms with Crippen LogP contribution in [0.5, 0.6) is 0 Å². The van der Waals surface area contributed by atoms with Crippen LogP contribution in [0.15, 0.2) is 0 Å². The topological polar surface area (TPSA) is 52.6 Å². The van der Waals surface area contributed by atoms with E-state index in [4.69, 9.17) is 9.47 Å². The van der Waals surface area contributed by atoms with E-state index in [1.54, 1.807) is 0 Å². The molecule has 0 aromatic rings.